The summed E-state index contributed by atoms with van der Waals surface area (Å²) in [7, 11) is 4.18. The topological polar surface area (TPSA) is 119 Å². The van der Waals surface area contributed by atoms with E-state index >= 15 is 0 Å². The van der Waals surface area contributed by atoms with Crippen LogP contribution in [0.4, 0.5) is 0 Å². The van der Waals surface area contributed by atoms with Crippen LogP contribution in [0.5, 0.6) is 0 Å². The molecule has 0 aromatic carbocycles. The van der Waals surface area contributed by atoms with Gasteiger partial charge in [0.2, 0.25) is 11.8 Å². The van der Waals surface area contributed by atoms with Crippen molar-refractivity contribution in [2.24, 2.45) is 11.8 Å². The van der Waals surface area contributed by atoms with Gasteiger partial charge in [0.05, 0.1) is 68.6 Å². The van der Waals surface area contributed by atoms with Crippen LogP contribution in [0.2, 0.25) is 0 Å². The van der Waals surface area contributed by atoms with Crippen LogP contribution in [0.1, 0.15) is 26.7 Å². The van der Waals surface area contributed by atoms with Crippen LogP contribution in [-0.2, 0) is 18.6 Å². The minimum absolute atomic E-state index is 0.0229. The standard InChI is InChI=1S/C23H37N4O6S/c1-13-9-18(26-20(13)19(14(2)29)22(26)31)23(32)33-34-16-10-17(24-11-16)21(30)25-6-5-15(12-25)27(3,4)7-8-28/h9,13-17,19-20,24,28-29H,5-8,10-12H2,1-4H3/q+1/t13?,14?,15?,16?,17?,19?,20-/m0/s1. The fourth-order valence-corrected chi connectivity index (χ4v) is 6.50. The van der Waals surface area contributed by atoms with Gasteiger partial charge in [-0.3, -0.25) is 9.59 Å². The van der Waals surface area contributed by atoms with Gasteiger partial charge in [-0.05, 0) is 25.3 Å². The molecule has 10 nitrogen and oxygen atoms in total. The summed E-state index contributed by atoms with van der Waals surface area (Å²) in [6, 6.07) is -0.185. The number of quaternary nitrogens is 1. The van der Waals surface area contributed by atoms with Crippen molar-refractivity contribution in [3.63, 3.8) is 0 Å². The highest BCUT2D eigenvalue weighted by molar-refractivity contribution is 7.95. The van der Waals surface area contributed by atoms with E-state index in [0.29, 0.717) is 43.1 Å². The van der Waals surface area contributed by atoms with E-state index in [9.17, 15) is 24.6 Å². The third-order valence-electron chi connectivity index (χ3n) is 7.92. The molecule has 0 aromatic heterocycles. The molecule has 0 spiro atoms. The average molecular weight is 498 g/mol. The second-order valence-corrected chi connectivity index (χ2v) is 11.6. The summed E-state index contributed by atoms with van der Waals surface area (Å²) in [5.41, 5.74) is 0.247. The number of β-lactam (4-membered cyclic amide) rings is 1. The van der Waals surface area contributed by atoms with Gasteiger partial charge in [-0.2, -0.15) is 0 Å². The minimum atomic E-state index is -0.751. The molecule has 190 valence electrons. The Balaban J connectivity index is 1.25. The molecule has 0 saturated carbocycles. The monoisotopic (exact) mass is 497 g/mol. The maximum atomic E-state index is 13.0. The van der Waals surface area contributed by atoms with E-state index in [-0.39, 0.29) is 47.4 Å². The summed E-state index contributed by atoms with van der Waals surface area (Å²) in [6.07, 6.45) is 2.48. The molecule has 4 heterocycles. The third kappa shape index (κ3) is 4.60. The van der Waals surface area contributed by atoms with Crippen molar-refractivity contribution in [2.75, 3.05) is 46.9 Å². The number of nitrogens with one attached hydrogen (secondary N) is 1. The van der Waals surface area contributed by atoms with Gasteiger partial charge in [0.1, 0.15) is 18.3 Å². The van der Waals surface area contributed by atoms with Gasteiger partial charge in [0, 0.05) is 19.5 Å². The van der Waals surface area contributed by atoms with E-state index in [1.54, 1.807) is 13.0 Å². The average Bonchev–Trinajstić information content (AvgIpc) is 3.49. The molecule has 34 heavy (non-hydrogen) atoms. The van der Waals surface area contributed by atoms with E-state index < -0.39 is 18.0 Å². The highest BCUT2D eigenvalue weighted by Crippen LogP contribution is 2.44. The largest absolute Gasteiger partial charge is 0.393 e. The van der Waals surface area contributed by atoms with E-state index in [0.717, 1.165) is 18.5 Å². The molecule has 11 heteroatoms. The molecule has 3 saturated heterocycles. The number of rotatable bonds is 8. The lowest BCUT2D eigenvalue weighted by molar-refractivity contribution is -0.913. The van der Waals surface area contributed by atoms with E-state index in [1.165, 1.54) is 4.90 Å². The van der Waals surface area contributed by atoms with Gasteiger partial charge in [-0.25, -0.2) is 4.79 Å². The summed E-state index contributed by atoms with van der Waals surface area (Å²) in [5.74, 6) is -1.22. The lowest BCUT2D eigenvalue weighted by Gasteiger charge is -2.46. The number of fused-ring (bicyclic) bond motifs is 1. The molecule has 2 amide bonds. The summed E-state index contributed by atoms with van der Waals surface area (Å²) in [6.45, 7) is 6.27. The fourth-order valence-electron chi connectivity index (χ4n) is 5.75. The Hall–Kier alpha value is -1.66. The quantitative estimate of drug-likeness (QED) is 0.229. The van der Waals surface area contributed by atoms with Crippen molar-refractivity contribution < 1.29 is 33.3 Å². The van der Waals surface area contributed by atoms with Gasteiger partial charge < -0.3 is 34.0 Å². The lowest BCUT2D eigenvalue weighted by Crippen LogP contribution is -2.63. The number of likely N-dealkylation sites (N-methyl/N-ethyl adjacent to an activating group) is 1. The molecular formula is C23H37N4O6S+. The number of carbonyl (C=O) groups excluding carboxylic acids is 3. The highest BCUT2D eigenvalue weighted by atomic mass is 32.2. The maximum Gasteiger partial charge on any atom is 0.366 e. The van der Waals surface area contributed by atoms with Crippen LogP contribution in [0.15, 0.2) is 11.8 Å². The Labute approximate surface area is 205 Å². The van der Waals surface area contributed by atoms with Crippen LogP contribution < -0.4 is 5.32 Å². The van der Waals surface area contributed by atoms with Crippen molar-refractivity contribution in [3.05, 3.63) is 11.8 Å². The van der Waals surface area contributed by atoms with Gasteiger partial charge in [-0.15, -0.1) is 0 Å². The number of likely N-dealkylation sites (tertiary alicyclic amines) is 1. The van der Waals surface area contributed by atoms with E-state index in [1.807, 2.05) is 11.8 Å². The first-order valence-electron chi connectivity index (χ1n) is 12.1. The number of hydrogen-bond donors (Lipinski definition) is 3. The number of aliphatic hydroxyl groups is 2. The Morgan fingerprint density at radius 1 is 1.38 bits per heavy atom. The van der Waals surface area contributed by atoms with Crippen molar-refractivity contribution in [1.29, 1.82) is 0 Å². The third-order valence-corrected chi connectivity index (χ3v) is 8.80. The first-order valence-corrected chi connectivity index (χ1v) is 12.9. The molecule has 0 radical (unpaired) electrons. The second kappa shape index (κ2) is 9.77. The molecule has 4 aliphatic rings. The lowest BCUT2D eigenvalue weighted by atomic mass is 9.79. The summed E-state index contributed by atoms with van der Waals surface area (Å²) < 4.78 is 6.15. The smallest absolute Gasteiger partial charge is 0.366 e. The van der Waals surface area contributed by atoms with Crippen molar-refractivity contribution in [2.45, 2.75) is 56.2 Å². The summed E-state index contributed by atoms with van der Waals surface area (Å²) in [4.78, 5) is 41.5. The molecule has 6 unspecified atom stereocenters. The van der Waals surface area contributed by atoms with Gasteiger partial charge in [0.25, 0.3) is 0 Å². The van der Waals surface area contributed by atoms with Gasteiger partial charge in [-0.1, -0.05) is 6.92 Å². The van der Waals surface area contributed by atoms with E-state index in [4.69, 9.17) is 4.18 Å². The van der Waals surface area contributed by atoms with Crippen molar-refractivity contribution in [3.8, 4) is 0 Å². The second-order valence-electron chi connectivity index (χ2n) is 10.6. The van der Waals surface area contributed by atoms with E-state index in [2.05, 4.69) is 19.4 Å². The predicted molar refractivity (Wildman–Crippen MR) is 126 cm³/mol. The normalized spacial score (nSPS) is 34.1. The van der Waals surface area contributed by atoms with Crippen molar-refractivity contribution in [1.82, 2.24) is 15.1 Å². The fraction of sp³-hybridized carbons (Fsp3) is 0.783. The van der Waals surface area contributed by atoms with Crippen LogP contribution in [0.3, 0.4) is 0 Å². The van der Waals surface area contributed by atoms with Crippen LogP contribution in [0.25, 0.3) is 0 Å². The Kier molecular flexibility index (Phi) is 7.31. The first kappa shape index (κ1) is 25.4. The Bertz CT molecular complexity index is 864. The first-order chi connectivity index (χ1) is 16.0. The molecular weight excluding hydrogens is 460 g/mol. The number of amides is 2. The molecule has 0 aromatic rings. The van der Waals surface area contributed by atoms with Crippen LogP contribution in [-0.4, -0.2) is 119 Å². The molecule has 0 aliphatic carbocycles. The number of hydrogen-bond acceptors (Lipinski definition) is 8. The van der Waals surface area contributed by atoms with Crippen LogP contribution >= 0.6 is 12.0 Å². The van der Waals surface area contributed by atoms with Gasteiger partial charge >= 0.3 is 5.97 Å². The maximum absolute atomic E-state index is 13.0. The predicted octanol–water partition coefficient (Wildman–Crippen LogP) is -0.681. The molecule has 3 N–H and O–H groups in total. The van der Waals surface area contributed by atoms with Crippen molar-refractivity contribution >= 4 is 29.8 Å². The molecule has 4 aliphatic heterocycles. The molecule has 3 fully saturated rings. The number of carbonyl (C=O) groups is 3. The van der Waals surface area contributed by atoms with Gasteiger partial charge in [0.15, 0.2) is 0 Å². The SMILES string of the molecule is CC(O)C1C(=O)N2C(C(=O)OSC3CNC(C(=O)N4CCC([N+](C)(C)CCO)C4)C3)=CC(C)[C@@H]12. The Morgan fingerprint density at radius 2 is 2.12 bits per heavy atom. The number of aliphatic hydroxyl groups excluding tert-OH is 2. The zero-order valence-electron chi connectivity index (χ0n) is 20.3. The molecule has 0 bridgehead atoms. The van der Waals surface area contributed by atoms with Crippen LogP contribution in [0, 0.1) is 11.8 Å². The summed E-state index contributed by atoms with van der Waals surface area (Å²) >= 11 is 1.05. The minimum Gasteiger partial charge on any atom is -0.393 e. The zero-order valence-corrected chi connectivity index (χ0v) is 21.2. The Morgan fingerprint density at radius 3 is 2.79 bits per heavy atom. The zero-order chi connectivity index (χ0) is 24.8. The summed E-state index contributed by atoms with van der Waals surface area (Å²) in [5, 5.41) is 22.4. The number of nitrogens with zero attached hydrogens (tertiary/aromatic N) is 3. The molecule has 7 atom stereocenters. The molecule has 4 rings (SSSR count). The highest BCUT2D eigenvalue weighted by Gasteiger charge is 2.57.